The molecule has 2 rings (SSSR count). The van der Waals surface area contributed by atoms with Crippen molar-refractivity contribution in [3.05, 3.63) is 48.3 Å². The lowest BCUT2D eigenvalue weighted by atomic mass is 10.3. The lowest BCUT2D eigenvalue weighted by molar-refractivity contribution is 0.462. The number of aromatic nitrogens is 2. The van der Waals surface area contributed by atoms with E-state index in [1.807, 2.05) is 54.3 Å². The minimum Gasteiger partial charge on any atom is -0.311 e. The van der Waals surface area contributed by atoms with Gasteiger partial charge in [-0.15, -0.1) is 0 Å². The zero-order valence-corrected chi connectivity index (χ0v) is 12.8. The van der Waals surface area contributed by atoms with E-state index in [4.69, 9.17) is 0 Å². The normalized spacial score (nSPS) is 14.1. The molecule has 0 saturated heterocycles. The predicted molar refractivity (Wildman–Crippen MR) is 82.1 cm³/mol. The maximum Gasteiger partial charge on any atom is 0.0560 e. The van der Waals surface area contributed by atoms with Crippen molar-refractivity contribution in [3.63, 3.8) is 0 Å². The van der Waals surface area contributed by atoms with Crippen LogP contribution in [0, 0.1) is 6.92 Å². The summed E-state index contributed by atoms with van der Waals surface area (Å²) in [6, 6.07) is 9.90. The minimum absolute atomic E-state index is 0.307. The van der Waals surface area contributed by atoms with Gasteiger partial charge in [0.25, 0.3) is 0 Å². The Labute approximate surface area is 122 Å². The number of nitrogens with zero attached hydrogens (tertiary/aromatic N) is 2. The van der Waals surface area contributed by atoms with E-state index < -0.39 is 10.8 Å². The molecule has 0 aliphatic carbocycles. The first-order chi connectivity index (χ1) is 9.65. The van der Waals surface area contributed by atoms with E-state index >= 15 is 0 Å². The summed E-state index contributed by atoms with van der Waals surface area (Å²) in [5, 5.41) is 7.65. The molecule has 0 saturated carbocycles. The lowest BCUT2D eigenvalue weighted by Gasteiger charge is -2.13. The van der Waals surface area contributed by atoms with Crippen LogP contribution in [-0.2, 0) is 17.3 Å². The van der Waals surface area contributed by atoms with E-state index in [0.717, 1.165) is 18.0 Å². The molecule has 1 heterocycles. The molecule has 0 aliphatic rings. The number of nitrogens with one attached hydrogen (secondary N) is 1. The van der Waals surface area contributed by atoms with Gasteiger partial charge in [-0.2, -0.15) is 5.10 Å². The van der Waals surface area contributed by atoms with Crippen molar-refractivity contribution in [3.8, 4) is 0 Å². The van der Waals surface area contributed by atoms with Crippen molar-refractivity contribution in [1.29, 1.82) is 0 Å². The van der Waals surface area contributed by atoms with Crippen LogP contribution >= 0.6 is 0 Å². The molecule has 1 aromatic carbocycles. The van der Waals surface area contributed by atoms with Crippen LogP contribution < -0.4 is 5.32 Å². The molecule has 2 atom stereocenters. The van der Waals surface area contributed by atoms with Crippen LogP contribution in [0.2, 0.25) is 0 Å². The summed E-state index contributed by atoms with van der Waals surface area (Å²) in [7, 11) is -0.927. The van der Waals surface area contributed by atoms with Gasteiger partial charge in [0.15, 0.2) is 0 Å². The number of benzene rings is 1. The van der Waals surface area contributed by atoms with Crippen molar-refractivity contribution < 1.29 is 4.21 Å². The van der Waals surface area contributed by atoms with Gasteiger partial charge in [0.2, 0.25) is 0 Å². The van der Waals surface area contributed by atoms with Gasteiger partial charge in [0, 0.05) is 29.4 Å². The van der Waals surface area contributed by atoms with Gasteiger partial charge >= 0.3 is 0 Å². The monoisotopic (exact) mass is 291 g/mol. The summed E-state index contributed by atoms with van der Waals surface area (Å²) >= 11 is 0. The SMILES string of the molecule is Cc1cnn(C[C@@H](C)NCC[S@](=O)c2ccccc2)c1. The molecule has 0 amide bonds. The molecule has 20 heavy (non-hydrogen) atoms. The highest BCUT2D eigenvalue weighted by Crippen LogP contribution is 2.04. The average Bonchev–Trinajstić information content (AvgIpc) is 2.85. The van der Waals surface area contributed by atoms with E-state index in [-0.39, 0.29) is 0 Å². The van der Waals surface area contributed by atoms with Crippen LogP contribution in [0.1, 0.15) is 12.5 Å². The molecule has 0 aliphatic heterocycles. The Balaban J connectivity index is 1.71. The fourth-order valence-electron chi connectivity index (χ4n) is 2.00. The van der Waals surface area contributed by atoms with E-state index in [1.54, 1.807) is 0 Å². The molecule has 2 aromatic rings. The predicted octanol–water partition coefficient (Wildman–Crippen LogP) is 1.98. The van der Waals surface area contributed by atoms with Gasteiger partial charge in [0.05, 0.1) is 23.5 Å². The van der Waals surface area contributed by atoms with Gasteiger partial charge in [-0.25, -0.2) is 0 Å². The molecule has 5 heteroatoms. The zero-order valence-electron chi connectivity index (χ0n) is 12.0. The first-order valence-corrected chi connectivity index (χ1v) is 8.13. The van der Waals surface area contributed by atoms with E-state index in [9.17, 15) is 4.21 Å². The van der Waals surface area contributed by atoms with Gasteiger partial charge in [-0.1, -0.05) is 18.2 Å². The van der Waals surface area contributed by atoms with E-state index in [2.05, 4.69) is 17.3 Å². The Kier molecular flexibility index (Phi) is 5.49. The van der Waals surface area contributed by atoms with Crippen LogP contribution in [0.3, 0.4) is 0 Å². The van der Waals surface area contributed by atoms with Crippen LogP contribution in [0.4, 0.5) is 0 Å². The summed E-state index contributed by atoms with van der Waals surface area (Å²) in [6.45, 7) is 5.71. The maximum absolute atomic E-state index is 12.0. The van der Waals surface area contributed by atoms with Crippen molar-refractivity contribution in [2.24, 2.45) is 0 Å². The van der Waals surface area contributed by atoms with Crippen LogP contribution in [0.5, 0.6) is 0 Å². The fourth-order valence-corrected chi connectivity index (χ4v) is 3.00. The second-order valence-corrected chi connectivity index (χ2v) is 6.53. The van der Waals surface area contributed by atoms with Crippen LogP contribution in [-0.4, -0.2) is 32.3 Å². The first kappa shape index (κ1) is 14.9. The minimum atomic E-state index is -0.927. The summed E-state index contributed by atoms with van der Waals surface area (Å²) in [5.74, 6) is 0.631. The van der Waals surface area contributed by atoms with Crippen molar-refractivity contribution in [2.45, 2.75) is 31.3 Å². The summed E-state index contributed by atoms with van der Waals surface area (Å²) < 4.78 is 14.0. The molecule has 1 N–H and O–H groups in total. The largest absolute Gasteiger partial charge is 0.311 e. The molecular weight excluding hydrogens is 270 g/mol. The van der Waals surface area contributed by atoms with Crippen molar-refractivity contribution >= 4 is 10.8 Å². The molecule has 1 aromatic heterocycles. The Morgan fingerprint density at radius 2 is 2.10 bits per heavy atom. The number of rotatable bonds is 7. The molecule has 0 fully saturated rings. The summed E-state index contributed by atoms with van der Waals surface area (Å²) in [6.07, 6.45) is 3.89. The van der Waals surface area contributed by atoms with Crippen LogP contribution in [0.25, 0.3) is 0 Å². The maximum atomic E-state index is 12.0. The topological polar surface area (TPSA) is 46.9 Å². The Morgan fingerprint density at radius 3 is 2.75 bits per heavy atom. The second kappa shape index (κ2) is 7.36. The zero-order chi connectivity index (χ0) is 14.4. The summed E-state index contributed by atoms with van der Waals surface area (Å²) in [4.78, 5) is 0.893. The second-order valence-electron chi connectivity index (χ2n) is 4.96. The summed E-state index contributed by atoms with van der Waals surface area (Å²) in [5.41, 5.74) is 1.17. The van der Waals surface area contributed by atoms with E-state index in [0.29, 0.717) is 11.8 Å². The van der Waals surface area contributed by atoms with Crippen LogP contribution in [0.15, 0.2) is 47.6 Å². The van der Waals surface area contributed by atoms with Gasteiger partial charge in [-0.05, 0) is 31.5 Å². The number of hydrogen-bond donors (Lipinski definition) is 1. The van der Waals surface area contributed by atoms with Crippen molar-refractivity contribution in [1.82, 2.24) is 15.1 Å². The molecule has 108 valence electrons. The van der Waals surface area contributed by atoms with Crippen molar-refractivity contribution in [2.75, 3.05) is 12.3 Å². The fraction of sp³-hybridized carbons (Fsp3) is 0.400. The van der Waals surface area contributed by atoms with Gasteiger partial charge in [-0.3, -0.25) is 8.89 Å². The first-order valence-electron chi connectivity index (χ1n) is 6.81. The third-order valence-corrected chi connectivity index (χ3v) is 4.38. The standard InChI is InChI=1S/C15H21N3OS/c1-13-10-17-18(11-13)12-14(2)16-8-9-20(19)15-6-4-3-5-7-15/h3-7,10-11,14,16H,8-9,12H2,1-2H3/t14-,20+/m1/s1. The highest BCUT2D eigenvalue weighted by atomic mass is 32.2. The molecule has 0 unspecified atom stereocenters. The number of aryl methyl sites for hydroxylation is 1. The molecule has 0 radical (unpaired) electrons. The molecule has 0 spiro atoms. The van der Waals surface area contributed by atoms with E-state index in [1.165, 1.54) is 5.56 Å². The Hall–Kier alpha value is -1.46. The molecule has 4 nitrogen and oxygen atoms in total. The highest BCUT2D eigenvalue weighted by molar-refractivity contribution is 7.85. The quantitative estimate of drug-likeness (QED) is 0.848. The average molecular weight is 291 g/mol. The smallest absolute Gasteiger partial charge is 0.0560 e. The third-order valence-electron chi connectivity index (χ3n) is 3.01. The molecule has 0 bridgehead atoms. The molecular formula is C15H21N3OS. The Bertz CT molecular complexity index is 553. The van der Waals surface area contributed by atoms with Gasteiger partial charge < -0.3 is 5.32 Å². The highest BCUT2D eigenvalue weighted by Gasteiger charge is 2.06. The third kappa shape index (κ3) is 4.58. The van der Waals surface area contributed by atoms with Gasteiger partial charge in [0.1, 0.15) is 0 Å². The lowest BCUT2D eigenvalue weighted by Crippen LogP contribution is -2.33. The Morgan fingerprint density at radius 1 is 1.35 bits per heavy atom. The number of hydrogen-bond acceptors (Lipinski definition) is 3.